The van der Waals surface area contributed by atoms with E-state index in [1.165, 1.54) is 0 Å². The lowest BCUT2D eigenvalue weighted by Gasteiger charge is -2.03. The Labute approximate surface area is 187 Å². The van der Waals surface area contributed by atoms with E-state index in [1.54, 1.807) is 42.5 Å². The van der Waals surface area contributed by atoms with Crippen molar-refractivity contribution in [3.8, 4) is 0 Å². The molecule has 2 aromatic carbocycles. The van der Waals surface area contributed by atoms with E-state index >= 15 is 0 Å². The minimum absolute atomic E-state index is 0.109. The minimum Gasteiger partial charge on any atom is -0.267 e. The molecule has 0 amide bonds. The number of rotatable bonds is 3. The SMILES string of the molecule is O=c1c(Cc2ccc(Cl)cc2Cl)nnc2s/c(=C\c3ccc(Cl)cc3Cl)c(=O)n12. The molecule has 0 saturated carbocycles. The van der Waals surface area contributed by atoms with Crippen molar-refractivity contribution in [3.63, 3.8) is 0 Å². The number of aromatic nitrogens is 3. The van der Waals surface area contributed by atoms with E-state index in [-0.39, 0.29) is 17.1 Å². The standard InChI is InChI=1S/C19H9Cl4N3O2S/c20-11-3-1-9(13(22)7-11)5-15-17(27)26-18(28)16(29-19(26)25-24-15)6-10-2-4-12(21)8-14(10)23/h1-4,6-8H,5H2/b16-6-. The van der Waals surface area contributed by atoms with Gasteiger partial charge in [-0.15, -0.1) is 10.2 Å². The van der Waals surface area contributed by atoms with Crippen LogP contribution in [-0.2, 0) is 6.42 Å². The average Bonchev–Trinajstić information content (AvgIpc) is 2.98. The van der Waals surface area contributed by atoms with E-state index in [1.807, 2.05) is 0 Å². The highest BCUT2D eigenvalue weighted by Gasteiger charge is 2.14. The normalized spacial score (nSPS) is 12.1. The molecular weight excluding hydrogens is 476 g/mol. The van der Waals surface area contributed by atoms with E-state index in [0.717, 1.165) is 15.7 Å². The monoisotopic (exact) mass is 483 g/mol. The zero-order valence-corrected chi connectivity index (χ0v) is 18.2. The molecule has 0 atom stereocenters. The molecule has 5 nitrogen and oxygen atoms in total. The van der Waals surface area contributed by atoms with Crippen molar-refractivity contribution < 1.29 is 0 Å². The summed E-state index contributed by atoms with van der Waals surface area (Å²) in [7, 11) is 0. The second-order valence-corrected chi connectivity index (χ2v) is 8.76. The molecule has 146 valence electrons. The van der Waals surface area contributed by atoms with Crippen LogP contribution in [0.25, 0.3) is 11.0 Å². The van der Waals surface area contributed by atoms with Gasteiger partial charge in [-0.25, -0.2) is 4.40 Å². The van der Waals surface area contributed by atoms with Gasteiger partial charge in [0.25, 0.3) is 11.1 Å². The molecule has 0 unspecified atom stereocenters. The fourth-order valence-corrected chi connectivity index (χ4v) is 4.55. The smallest absolute Gasteiger partial charge is 0.267 e. The first kappa shape index (κ1) is 20.3. The molecule has 10 heteroatoms. The number of thiazole rings is 1. The summed E-state index contributed by atoms with van der Waals surface area (Å²) in [6, 6.07) is 9.88. The molecule has 0 N–H and O–H groups in total. The van der Waals surface area contributed by atoms with Gasteiger partial charge in [-0.1, -0.05) is 69.9 Å². The van der Waals surface area contributed by atoms with E-state index in [0.29, 0.717) is 35.7 Å². The van der Waals surface area contributed by atoms with Gasteiger partial charge in [0.2, 0.25) is 4.96 Å². The van der Waals surface area contributed by atoms with Gasteiger partial charge in [0.15, 0.2) is 0 Å². The molecule has 0 bridgehead atoms. The second kappa shape index (κ2) is 8.05. The zero-order chi connectivity index (χ0) is 20.7. The second-order valence-electron chi connectivity index (χ2n) is 6.06. The van der Waals surface area contributed by atoms with E-state index in [2.05, 4.69) is 10.2 Å². The van der Waals surface area contributed by atoms with Gasteiger partial charge >= 0.3 is 0 Å². The minimum atomic E-state index is -0.538. The third-order valence-corrected chi connectivity index (χ3v) is 6.24. The number of halogens is 4. The summed E-state index contributed by atoms with van der Waals surface area (Å²) in [5.41, 5.74) is 0.347. The lowest BCUT2D eigenvalue weighted by atomic mass is 10.1. The highest BCUT2D eigenvalue weighted by molar-refractivity contribution is 7.15. The van der Waals surface area contributed by atoms with Crippen molar-refractivity contribution >= 4 is 68.8 Å². The van der Waals surface area contributed by atoms with E-state index in [9.17, 15) is 9.59 Å². The molecule has 4 aromatic rings. The summed E-state index contributed by atoms with van der Waals surface area (Å²) in [6.45, 7) is 0. The summed E-state index contributed by atoms with van der Waals surface area (Å²) in [4.78, 5) is 25.9. The quantitative estimate of drug-likeness (QED) is 0.435. The fraction of sp³-hybridized carbons (Fsp3) is 0.0526. The van der Waals surface area contributed by atoms with E-state index < -0.39 is 11.1 Å². The topological polar surface area (TPSA) is 64.3 Å². The first-order chi connectivity index (χ1) is 13.8. The van der Waals surface area contributed by atoms with Crippen molar-refractivity contribution in [2.75, 3.05) is 0 Å². The number of fused-ring (bicyclic) bond motifs is 1. The Kier molecular flexibility index (Phi) is 5.64. The summed E-state index contributed by atoms with van der Waals surface area (Å²) in [5.74, 6) is 0. The Hall–Kier alpha value is -1.96. The maximum atomic E-state index is 12.8. The van der Waals surface area contributed by atoms with Gasteiger partial charge in [0.1, 0.15) is 5.69 Å². The number of hydrogen-bond donors (Lipinski definition) is 0. The summed E-state index contributed by atoms with van der Waals surface area (Å²) < 4.78 is 1.31. The first-order valence-electron chi connectivity index (χ1n) is 8.15. The Morgan fingerprint density at radius 1 is 0.897 bits per heavy atom. The summed E-state index contributed by atoms with van der Waals surface area (Å²) >= 11 is 25.2. The summed E-state index contributed by atoms with van der Waals surface area (Å²) in [5, 5.41) is 9.80. The molecular formula is C19H9Cl4N3O2S. The van der Waals surface area contributed by atoms with Crippen LogP contribution in [0.2, 0.25) is 20.1 Å². The van der Waals surface area contributed by atoms with Crippen LogP contribution in [0.15, 0.2) is 46.0 Å². The molecule has 0 radical (unpaired) electrons. The largest absolute Gasteiger partial charge is 0.283 e. The average molecular weight is 485 g/mol. The maximum Gasteiger partial charge on any atom is 0.283 e. The van der Waals surface area contributed by atoms with Crippen LogP contribution < -0.4 is 15.7 Å². The highest BCUT2D eigenvalue weighted by Crippen LogP contribution is 2.23. The Morgan fingerprint density at radius 2 is 1.59 bits per heavy atom. The number of hydrogen-bond acceptors (Lipinski definition) is 5. The van der Waals surface area contributed by atoms with Crippen LogP contribution in [0.1, 0.15) is 16.8 Å². The van der Waals surface area contributed by atoms with Crippen molar-refractivity contribution in [3.05, 3.63) is 98.5 Å². The predicted molar refractivity (Wildman–Crippen MR) is 118 cm³/mol. The van der Waals surface area contributed by atoms with Gasteiger partial charge in [0.05, 0.1) is 4.53 Å². The molecule has 4 rings (SSSR count). The van der Waals surface area contributed by atoms with Crippen LogP contribution in [0.4, 0.5) is 0 Å². The van der Waals surface area contributed by atoms with Gasteiger partial charge in [0, 0.05) is 26.5 Å². The first-order valence-corrected chi connectivity index (χ1v) is 10.5. The molecule has 0 saturated heterocycles. The zero-order valence-electron chi connectivity index (χ0n) is 14.3. The Morgan fingerprint density at radius 3 is 2.28 bits per heavy atom. The van der Waals surface area contributed by atoms with E-state index in [4.69, 9.17) is 46.4 Å². The van der Waals surface area contributed by atoms with Gasteiger partial charge in [-0.2, -0.15) is 0 Å². The van der Waals surface area contributed by atoms with Crippen LogP contribution in [-0.4, -0.2) is 14.6 Å². The Balaban J connectivity index is 1.83. The molecule has 0 aliphatic heterocycles. The van der Waals surface area contributed by atoms with Gasteiger partial charge in [-0.3, -0.25) is 9.59 Å². The molecule has 0 aliphatic rings. The maximum absolute atomic E-state index is 12.8. The Bertz CT molecular complexity index is 1430. The van der Waals surface area contributed by atoms with Gasteiger partial charge < -0.3 is 0 Å². The fourth-order valence-electron chi connectivity index (χ4n) is 2.71. The number of benzene rings is 2. The van der Waals surface area contributed by atoms with Crippen molar-refractivity contribution in [2.24, 2.45) is 0 Å². The van der Waals surface area contributed by atoms with Crippen molar-refractivity contribution in [1.82, 2.24) is 14.6 Å². The predicted octanol–water partition coefficient (Wildman–Crippen LogP) is 4.26. The third kappa shape index (κ3) is 4.04. The molecule has 29 heavy (non-hydrogen) atoms. The molecule has 2 heterocycles. The van der Waals surface area contributed by atoms with Crippen LogP contribution >= 0.6 is 57.7 Å². The summed E-state index contributed by atoms with van der Waals surface area (Å²) in [6.07, 6.45) is 1.72. The van der Waals surface area contributed by atoms with Crippen LogP contribution in [0.3, 0.4) is 0 Å². The number of nitrogens with zero attached hydrogens (tertiary/aromatic N) is 3. The third-order valence-electron chi connectivity index (χ3n) is 4.13. The van der Waals surface area contributed by atoms with Crippen LogP contribution in [0, 0.1) is 0 Å². The lowest BCUT2D eigenvalue weighted by molar-refractivity contribution is 0.859. The molecule has 0 aliphatic carbocycles. The van der Waals surface area contributed by atoms with Crippen LogP contribution in [0.5, 0.6) is 0 Å². The molecule has 0 spiro atoms. The molecule has 0 fully saturated rings. The van der Waals surface area contributed by atoms with Crippen molar-refractivity contribution in [2.45, 2.75) is 6.42 Å². The van der Waals surface area contributed by atoms with Crippen molar-refractivity contribution in [1.29, 1.82) is 0 Å². The molecule has 2 aromatic heterocycles. The van der Waals surface area contributed by atoms with Gasteiger partial charge in [-0.05, 0) is 41.5 Å². The highest BCUT2D eigenvalue weighted by atomic mass is 35.5. The lowest BCUT2D eigenvalue weighted by Crippen LogP contribution is -2.33.